The number of carbonyl (C=O) groups excluding carboxylic acids is 2. The molecule has 0 unspecified atom stereocenters. The monoisotopic (exact) mass is 265 g/mol. The first-order chi connectivity index (χ1) is 8.95. The molecule has 0 spiro atoms. The minimum atomic E-state index is -1.37. The van der Waals surface area contributed by atoms with Crippen molar-refractivity contribution in [3.63, 3.8) is 0 Å². The fourth-order valence-corrected chi connectivity index (χ4v) is 1.47. The van der Waals surface area contributed by atoms with E-state index in [4.69, 9.17) is 15.2 Å². The van der Waals surface area contributed by atoms with Crippen molar-refractivity contribution in [2.24, 2.45) is 5.73 Å². The van der Waals surface area contributed by atoms with E-state index in [2.05, 4.69) is 0 Å². The Bertz CT molecular complexity index is 428. The van der Waals surface area contributed by atoms with Crippen LogP contribution in [0.3, 0.4) is 0 Å². The van der Waals surface area contributed by atoms with Gasteiger partial charge in [-0.05, 0) is 19.4 Å². The molecule has 5 heteroatoms. The highest BCUT2D eigenvalue weighted by Crippen LogP contribution is 2.11. The first kappa shape index (κ1) is 15.2. The molecule has 1 aromatic rings. The quantitative estimate of drug-likeness (QED) is 0.786. The Balaban J connectivity index is 2.49. The molecule has 0 saturated carbocycles. The van der Waals surface area contributed by atoms with E-state index in [1.807, 2.05) is 30.3 Å². The van der Waals surface area contributed by atoms with Crippen LogP contribution in [0.1, 0.15) is 25.8 Å². The summed E-state index contributed by atoms with van der Waals surface area (Å²) in [7, 11) is 0. The van der Waals surface area contributed by atoms with Gasteiger partial charge in [-0.3, -0.25) is 9.59 Å². The number of hydrogen-bond acceptors (Lipinski definition) is 5. The Morgan fingerprint density at radius 1 is 1.21 bits per heavy atom. The maximum atomic E-state index is 11.8. The van der Waals surface area contributed by atoms with E-state index in [0.717, 1.165) is 5.56 Å². The predicted octanol–water partition coefficient (Wildman–Crippen LogP) is 1.40. The highest BCUT2D eigenvalue weighted by Gasteiger charge is 2.33. The molecule has 0 heterocycles. The van der Waals surface area contributed by atoms with E-state index in [9.17, 15) is 9.59 Å². The summed E-state index contributed by atoms with van der Waals surface area (Å²) in [6.45, 7) is 3.54. The summed E-state index contributed by atoms with van der Waals surface area (Å²) in [4.78, 5) is 23.2. The molecule has 104 valence electrons. The van der Waals surface area contributed by atoms with Crippen molar-refractivity contribution >= 4 is 11.9 Å². The van der Waals surface area contributed by atoms with Crippen LogP contribution in [0.5, 0.6) is 0 Å². The normalized spacial score (nSPS) is 13.4. The average Bonchev–Trinajstić information content (AvgIpc) is 2.36. The lowest BCUT2D eigenvalue weighted by atomic mass is 10.00. The molecule has 0 saturated heterocycles. The van der Waals surface area contributed by atoms with Crippen molar-refractivity contribution in [1.29, 1.82) is 0 Å². The summed E-state index contributed by atoms with van der Waals surface area (Å²) in [5.74, 6) is -1.13. The number of rotatable bonds is 6. The van der Waals surface area contributed by atoms with Gasteiger partial charge in [0.2, 0.25) is 0 Å². The summed E-state index contributed by atoms with van der Waals surface area (Å²) in [6, 6.07) is 9.25. The largest absolute Gasteiger partial charge is 0.466 e. The molecule has 0 aliphatic rings. The van der Waals surface area contributed by atoms with Crippen molar-refractivity contribution in [2.45, 2.75) is 32.4 Å². The van der Waals surface area contributed by atoms with Gasteiger partial charge < -0.3 is 15.2 Å². The molecular weight excluding hydrogens is 246 g/mol. The average molecular weight is 265 g/mol. The third-order valence-electron chi connectivity index (χ3n) is 2.50. The molecule has 0 aliphatic carbocycles. The number of hydrogen-bond donors (Lipinski definition) is 1. The Morgan fingerprint density at radius 3 is 2.42 bits per heavy atom. The number of carbonyl (C=O) groups is 2. The minimum absolute atomic E-state index is 0.134. The van der Waals surface area contributed by atoms with Gasteiger partial charge in [0, 0.05) is 0 Å². The molecule has 0 bridgehead atoms. The van der Waals surface area contributed by atoms with Gasteiger partial charge >= 0.3 is 11.9 Å². The van der Waals surface area contributed by atoms with Gasteiger partial charge in [-0.25, -0.2) is 0 Å². The van der Waals surface area contributed by atoms with Crippen LogP contribution in [0, 0.1) is 0 Å². The fourth-order valence-electron chi connectivity index (χ4n) is 1.47. The van der Waals surface area contributed by atoms with E-state index in [-0.39, 0.29) is 19.6 Å². The molecule has 1 atom stereocenters. The van der Waals surface area contributed by atoms with Crippen LogP contribution in [-0.2, 0) is 25.7 Å². The van der Waals surface area contributed by atoms with Crippen molar-refractivity contribution in [1.82, 2.24) is 0 Å². The molecule has 0 aliphatic heterocycles. The van der Waals surface area contributed by atoms with Crippen molar-refractivity contribution in [2.75, 3.05) is 6.61 Å². The summed E-state index contributed by atoms with van der Waals surface area (Å²) >= 11 is 0. The van der Waals surface area contributed by atoms with Gasteiger partial charge in [0.05, 0.1) is 13.0 Å². The molecule has 19 heavy (non-hydrogen) atoms. The first-order valence-corrected chi connectivity index (χ1v) is 6.11. The summed E-state index contributed by atoms with van der Waals surface area (Å²) in [5, 5.41) is 0. The van der Waals surface area contributed by atoms with E-state index in [0.29, 0.717) is 0 Å². The summed E-state index contributed by atoms with van der Waals surface area (Å²) in [6.07, 6.45) is -0.200. The van der Waals surface area contributed by atoms with Gasteiger partial charge in [-0.1, -0.05) is 30.3 Å². The van der Waals surface area contributed by atoms with Crippen LogP contribution in [0.15, 0.2) is 30.3 Å². The zero-order chi connectivity index (χ0) is 14.3. The highest BCUT2D eigenvalue weighted by molar-refractivity contribution is 5.86. The molecular formula is C14H19NO4. The second kappa shape index (κ2) is 6.89. The third-order valence-corrected chi connectivity index (χ3v) is 2.50. The van der Waals surface area contributed by atoms with Crippen LogP contribution in [-0.4, -0.2) is 24.1 Å². The molecule has 0 aromatic heterocycles. The second-order valence-electron chi connectivity index (χ2n) is 4.46. The lowest BCUT2D eigenvalue weighted by Gasteiger charge is -2.21. The van der Waals surface area contributed by atoms with E-state index < -0.39 is 17.5 Å². The van der Waals surface area contributed by atoms with E-state index >= 15 is 0 Å². The highest BCUT2D eigenvalue weighted by atomic mass is 16.5. The van der Waals surface area contributed by atoms with Crippen LogP contribution in [0.4, 0.5) is 0 Å². The Labute approximate surface area is 112 Å². The zero-order valence-electron chi connectivity index (χ0n) is 11.2. The maximum Gasteiger partial charge on any atom is 0.326 e. The van der Waals surface area contributed by atoms with Crippen LogP contribution < -0.4 is 5.73 Å². The number of ether oxygens (including phenoxy) is 2. The summed E-state index contributed by atoms with van der Waals surface area (Å²) < 4.78 is 9.86. The molecule has 0 radical (unpaired) electrons. The lowest BCUT2D eigenvalue weighted by Crippen LogP contribution is -2.48. The van der Waals surface area contributed by atoms with Crippen LogP contribution >= 0.6 is 0 Å². The smallest absolute Gasteiger partial charge is 0.326 e. The Kier molecular flexibility index (Phi) is 5.51. The van der Waals surface area contributed by atoms with Crippen molar-refractivity contribution < 1.29 is 19.1 Å². The van der Waals surface area contributed by atoms with Crippen LogP contribution in [0.25, 0.3) is 0 Å². The predicted molar refractivity (Wildman–Crippen MR) is 70.1 cm³/mol. The zero-order valence-corrected chi connectivity index (χ0v) is 11.2. The SMILES string of the molecule is CCOC(=O)C[C@](C)(N)C(=O)OCc1ccccc1. The van der Waals surface area contributed by atoms with Crippen LogP contribution in [0.2, 0.25) is 0 Å². The number of esters is 2. The van der Waals surface area contributed by atoms with Gasteiger partial charge in [0.25, 0.3) is 0 Å². The second-order valence-corrected chi connectivity index (χ2v) is 4.46. The third kappa shape index (κ3) is 5.09. The Morgan fingerprint density at radius 2 is 1.84 bits per heavy atom. The molecule has 1 rings (SSSR count). The van der Waals surface area contributed by atoms with E-state index in [1.165, 1.54) is 6.92 Å². The fraction of sp³-hybridized carbons (Fsp3) is 0.429. The first-order valence-electron chi connectivity index (χ1n) is 6.11. The minimum Gasteiger partial charge on any atom is -0.466 e. The van der Waals surface area contributed by atoms with E-state index in [1.54, 1.807) is 6.92 Å². The maximum absolute atomic E-state index is 11.8. The van der Waals surface area contributed by atoms with Gasteiger partial charge in [-0.2, -0.15) is 0 Å². The van der Waals surface area contributed by atoms with Gasteiger partial charge in [0.15, 0.2) is 0 Å². The molecule has 1 aromatic carbocycles. The lowest BCUT2D eigenvalue weighted by molar-refractivity contribution is -0.156. The Hall–Kier alpha value is -1.88. The van der Waals surface area contributed by atoms with Gasteiger partial charge in [0.1, 0.15) is 12.1 Å². The number of benzene rings is 1. The topological polar surface area (TPSA) is 78.6 Å². The molecule has 0 amide bonds. The molecule has 0 fully saturated rings. The molecule has 2 N–H and O–H groups in total. The molecule has 5 nitrogen and oxygen atoms in total. The van der Waals surface area contributed by atoms with Gasteiger partial charge in [-0.15, -0.1) is 0 Å². The van der Waals surface area contributed by atoms with Crippen molar-refractivity contribution in [3.05, 3.63) is 35.9 Å². The standard InChI is InChI=1S/C14H19NO4/c1-3-18-12(16)9-14(2,15)13(17)19-10-11-7-5-4-6-8-11/h4-8H,3,9-10,15H2,1-2H3/t14-/m0/s1. The van der Waals surface area contributed by atoms with Crippen molar-refractivity contribution in [3.8, 4) is 0 Å². The number of nitrogens with two attached hydrogens (primary N) is 1. The summed E-state index contributed by atoms with van der Waals surface area (Å²) in [5.41, 5.74) is 5.27.